The Hall–Kier alpha value is -0.120. The standard InChI is InChI=1S/C13H30N2O/c1-6-8-13(3,11-14-7-2)12-15(4)9-10-16-5/h14H,6-12H2,1-5H3. The third-order valence-corrected chi connectivity index (χ3v) is 2.98. The summed E-state index contributed by atoms with van der Waals surface area (Å²) in [4.78, 5) is 2.37. The normalized spacial score (nSPS) is 15.4. The zero-order chi connectivity index (χ0) is 12.4. The van der Waals surface area contributed by atoms with Crippen LogP contribution in [0.4, 0.5) is 0 Å². The molecule has 0 rings (SSSR count). The number of methoxy groups -OCH3 is 1. The number of ether oxygens (including phenoxy) is 1. The fourth-order valence-electron chi connectivity index (χ4n) is 2.23. The predicted octanol–water partition coefficient (Wildman–Crippen LogP) is 1.98. The number of hydrogen-bond acceptors (Lipinski definition) is 3. The van der Waals surface area contributed by atoms with Gasteiger partial charge in [-0.3, -0.25) is 0 Å². The molecule has 0 radical (unpaired) electrons. The highest BCUT2D eigenvalue weighted by atomic mass is 16.5. The van der Waals surface area contributed by atoms with E-state index in [0.29, 0.717) is 5.41 Å². The first-order valence-electron chi connectivity index (χ1n) is 6.46. The van der Waals surface area contributed by atoms with Gasteiger partial charge in [-0.15, -0.1) is 0 Å². The number of nitrogens with one attached hydrogen (secondary N) is 1. The molecule has 0 fully saturated rings. The van der Waals surface area contributed by atoms with Crippen molar-refractivity contribution >= 4 is 0 Å². The van der Waals surface area contributed by atoms with Crippen LogP contribution in [0.25, 0.3) is 0 Å². The second-order valence-electron chi connectivity index (χ2n) is 5.07. The highest BCUT2D eigenvalue weighted by molar-refractivity contribution is 4.79. The molecule has 0 saturated heterocycles. The monoisotopic (exact) mass is 230 g/mol. The number of rotatable bonds is 10. The summed E-state index contributed by atoms with van der Waals surface area (Å²) in [6, 6.07) is 0. The molecule has 0 aromatic carbocycles. The van der Waals surface area contributed by atoms with Crippen molar-refractivity contribution in [2.75, 3.05) is 46.9 Å². The molecule has 1 unspecified atom stereocenters. The Morgan fingerprint density at radius 3 is 2.50 bits per heavy atom. The lowest BCUT2D eigenvalue weighted by Gasteiger charge is -2.34. The summed E-state index contributed by atoms with van der Waals surface area (Å²) < 4.78 is 5.11. The van der Waals surface area contributed by atoms with Crippen LogP contribution in [0, 0.1) is 5.41 Å². The van der Waals surface area contributed by atoms with Crippen molar-refractivity contribution in [1.29, 1.82) is 0 Å². The summed E-state index contributed by atoms with van der Waals surface area (Å²) >= 11 is 0. The summed E-state index contributed by atoms with van der Waals surface area (Å²) in [6.45, 7) is 11.9. The fourth-order valence-corrected chi connectivity index (χ4v) is 2.23. The zero-order valence-corrected chi connectivity index (χ0v) is 11.8. The molecule has 1 N–H and O–H groups in total. The highest BCUT2D eigenvalue weighted by Crippen LogP contribution is 2.23. The van der Waals surface area contributed by atoms with E-state index in [9.17, 15) is 0 Å². The van der Waals surface area contributed by atoms with Gasteiger partial charge in [0.15, 0.2) is 0 Å². The van der Waals surface area contributed by atoms with Crippen molar-refractivity contribution in [3.63, 3.8) is 0 Å². The van der Waals surface area contributed by atoms with E-state index >= 15 is 0 Å². The third-order valence-electron chi connectivity index (χ3n) is 2.98. The zero-order valence-electron chi connectivity index (χ0n) is 11.8. The molecule has 98 valence electrons. The summed E-state index contributed by atoms with van der Waals surface area (Å²) in [5, 5.41) is 3.48. The molecule has 1 atom stereocenters. The minimum atomic E-state index is 0.382. The first-order chi connectivity index (χ1) is 7.58. The van der Waals surface area contributed by atoms with E-state index in [1.807, 2.05) is 0 Å². The second kappa shape index (κ2) is 8.97. The van der Waals surface area contributed by atoms with Crippen LogP contribution >= 0.6 is 0 Å². The van der Waals surface area contributed by atoms with Gasteiger partial charge in [0.2, 0.25) is 0 Å². The van der Waals surface area contributed by atoms with Gasteiger partial charge in [-0.2, -0.15) is 0 Å². The number of nitrogens with zero attached hydrogens (tertiary/aromatic N) is 1. The lowest BCUT2D eigenvalue weighted by atomic mass is 9.85. The predicted molar refractivity (Wildman–Crippen MR) is 70.9 cm³/mol. The van der Waals surface area contributed by atoms with Gasteiger partial charge in [0.25, 0.3) is 0 Å². The van der Waals surface area contributed by atoms with E-state index in [2.05, 4.69) is 38.0 Å². The lowest BCUT2D eigenvalue weighted by Crippen LogP contribution is -2.41. The molecule has 0 aromatic heterocycles. The van der Waals surface area contributed by atoms with Crippen LogP contribution in [0.15, 0.2) is 0 Å². The average molecular weight is 230 g/mol. The van der Waals surface area contributed by atoms with Gasteiger partial charge < -0.3 is 15.0 Å². The molecule has 3 nitrogen and oxygen atoms in total. The van der Waals surface area contributed by atoms with Gasteiger partial charge in [0.1, 0.15) is 0 Å². The molecule has 0 aliphatic rings. The van der Waals surface area contributed by atoms with Crippen LogP contribution in [0.3, 0.4) is 0 Å². The number of hydrogen-bond donors (Lipinski definition) is 1. The Balaban J connectivity index is 4.07. The molecule has 0 aliphatic heterocycles. The van der Waals surface area contributed by atoms with Crippen molar-refractivity contribution < 1.29 is 4.74 Å². The van der Waals surface area contributed by atoms with Crippen molar-refractivity contribution in [3.05, 3.63) is 0 Å². The molecule has 0 spiro atoms. The molecular weight excluding hydrogens is 200 g/mol. The van der Waals surface area contributed by atoms with Gasteiger partial charge in [0, 0.05) is 26.7 Å². The van der Waals surface area contributed by atoms with E-state index in [-0.39, 0.29) is 0 Å². The van der Waals surface area contributed by atoms with Gasteiger partial charge in [0.05, 0.1) is 6.61 Å². The minimum Gasteiger partial charge on any atom is -0.383 e. The Labute approximate surface area is 102 Å². The first-order valence-corrected chi connectivity index (χ1v) is 6.46. The van der Waals surface area contributed by atoms with Gasteiger partial charge in [-0.05, 0) is 25.4 Å². The fraction of sp³-hybridized carbons (Fsp3) is 1.00. The molecule has 0 heterocycles. The first kappa shape index (κ1) is 15.9. The van der Waals surface area contributed by atoms with Crippen LogP contribution in [-0.2, 0) is 4.74 Å². The Morgan fingerprint density at radius 1 is 1.31 bits per heavy atom. The molecule has 16 heavy (non-hydrogen) atoms. The molecule has 0 saturated carbocycles. The molecule has 0 aromatic rings. The van der Waals surface area contributed by atoms with Gasteiger partial charge >= 0.3 is 0 Å². The minimum absolute atomic E-state index is 0.382. The quantitative estimate of drug-likeness (QED) is 0.621. The highest BCUT2D eigenvalue weighted by Gasteiger charge is 2.24. The summed E-state index contributed by atoms with van der Waals surface area (Å²) in [5.74, 6) is 0. The van der Waals surface area contributed by atoms with Crippen molar-refractivity contribution in [1.82, 2.24) is 10.2 Å². The van der Waals surface area contributed by atoms with Crippen LogP contribution in [0.2, 0.25) is 0 Å². The van der Waals surface area contributed by atoms with Gasteiger partial charge in [-0.1, -0.05) is 27.2 Å². The molecule has 3 heteroatoms. The topological polar surface area (TPSA) is 24.5 Å². The summed E-state index contributed by atoms with van der Waals surface area (Å²) in [6.07, 6.45) is 2.53. The van der Waals surface area contributed by atoms with Crippen molar-refractivity contribution in [3.8, 4) is 0 Å². The second-order valence-corrected chi connectivity index (χ2v) is 5.07. The molecular formula is C13H30N2O. The third kappa shape index (κ3) is 7.20. The Kier molecular flexibility index (Phi) is 8.90. The van der Waals surface area contributed by atoms with Crippen LogP contribution in [0.1, 0.15) is 33.6 Å². The van der Waals surface area contributed by atoms with E-state index in [0.717, 1.165) is 32.8 Å². The molecule has 0 aliphatic carbocycles. The SMILES string of the molecule is CCCC(C)(CNCC)CN(C)CCOC. The van der Waals surface area contributed by atoms with Crippen molar-refractivity contribution in [2.24, 2.45) is 5.41 Å². The number of likely N-dealkylation sites (N-methyl/N-ethyl adjacent to an activating group) is 1. The lowest BCUT2D eigenvalue weighted by molar-refractivity contribution is 0.124. The molecule has 0 amide bonds. The maximum Gasteiger partial charge on any atom is 0.0589 e. The van der Waals surface area contributed by atoms with E-state index < -0.39 is 0 Å². The summed E-state index contributed by atoms with van der Waals surface area (Å²) in [5.41, 5.74) is 0.382. The molecule has 0 bridgehead atoms. The van der Waals surface area contributed by atoms with Crippen LogP contribution < -0.4 is 5.32 Å². The smallest absolute Gasteiger partial charge is 0.0589 e. The van der Waals surface area contributed by atoms with Gasteiger partial charge in [-0.25, -0.2) is 0 Å². The Bertz CT molecular complexity index is 164. The van der Waals surface area contributed by atoms with Crippen molar-refractivity contribution in [2.45, 2.75) is 33.6 Å². The van der Waals surface area contributed by atoms with E-state index in [1.54, 1.807) is 7.11 Å². The van der Waals surface area contributed by atoms with E-state index in [4.69, 9.17) is 4.74 Å². The Morgan fingerprint density at radius 2 is 2.00 bits per heavy atom. The van der Waals surface area contributed by atoms with E-state index in [1.165, 1.54) is 12.8 Å². The van der Waals surface area contributed by atoms with Crippen LogP contribution in [0.5, 0.6) is 0 Å². The maximum absolute atomic E-state index is 5.11. The van der Waals surface area contributed by atoms with Crippen LogP contribution in [-0.4, -0.2) is 51.8 Å². The summed E-state index contributed by atoms with van der Waals surface area (Å²) in [7, 11) is 3.94. The largest absolute Gasteiger partial charge is 0.383 e. The average Bonchev–Trinajstić information content (AvgIpc) is 2.24. The maximum atomic E-state index is 5.11.